The van der Waals surface area contributed by atoms with E-state index in [-0.39, 0.29) is 27.8 Å². The normalized spacial score (nSPS) is 44.8. The average molecular weight is 473 g/mol. The smallest absolute Gasteiger partial charge is 0.330 e. The molecule has 0 aliphatic heterocycles. The molecule has 0 aromatic rings. The quantitative estimate of drug-likeness (QED) is 0.315. The van der Waals surface area contributed by atoms with E-state index in [1.807, 2.05) is 6.08 Å². The minimum Gasteiger partial charge on any atom is -0.478 e. The topological polar surface area (TPSA) is 77.8 Å². The van der Waals surface area contributed by atoms with Gasteiger partial charge in [-0.05, 0) is 110 Å². The first-order valence-corrected chi connectivity index (χ1v) is 13.7. The van der Waals surface area contributed by atoms with Gasteiger partial charge in [0.25, 0.3) is 0 Å². The van der Waals surface area contributed by atoms with Crippen molar-refractivity contribution in [2.45, 2.75) is 118 Å². The van der Waals surface area contributed by atoms with Crippen molar-refractivity contribution in [1.29, 1.82) is 0 Å². The van der Waals surface area contributed by atoms with Gasteiger partial charge in [-0.15, -0.1) is 0 Å². The lowest BCUT2D eigenvalue weighted by Gasteiger charge is -2.63. The summed E-state index contributed by atoms with van der Waals surface area (Å²) in [6.45, 7) is 15.8. The number of carboxylic acids is 1. The number of aliphatic hydroxyl groups is 2. The molecule has 0 saturated heterocycles. The predicted molar refractivity (Wildman–Crippen MR) is 136 cm³/mol. The van der Waals surface area contributed by atoms with Crippen LogP contribution in [-0.4, -0.2) is 33.5 Å². The van der Waals surface area contributed by atoms with Gasteiger partial charge in [0, 0.05) is 5.57 Å². The lowest BCUT2D eigenvalue weighted by atomic mass is 9.42. The summed E-state index contributed by atoms with van der Waals surface area (Å²) in [7, 11) is 0. The van der Waals surface area contributed by atoms with Crippen molar-refractivity contribution in [3.05, 3.63) is 22.8 Å². The molecule has 3 N–H and O–H groups in total. The summed E-state index contributed by atoms with van der Waals surface area (Å²) < 4.78 is 0. The van der Waals surface area contributed by atoms with Crippen molar-refractivity contribution < 1.29 is 20.1 Å². The number of carbonyl (C=O) groups is 1. The van der Waals surface area contributed by atoms with E-state index in [1.165, 1.54) is 24.0 Å². The Bertz CT molecular complexity index is 899. The first-order chi connectivity index (χ1) is 15.7. The maximum atomic E-state index is 11.7. The zero-order valence-corrected chi connectivity index (χ0v) is 22.6. The molecule has 34 heavy (non-hydrogen) atoms. The second kappa shape index (κ2) is 8.47. The van der Waals surface area contributed by atoms with Crippen LogP contribution < -0.4 is 0 Å². The molecule has 0 amide bonds. The van der Waals surface area contributed by atoms with Gasteiger partial charge in [0.1, 0.15) is 0 Å². The van der Waals surface area contributed by atoms with Crippen LogP contribution in [0, 0.1) is 39.4 Å². The van der Waals surface area contributed by atoms with Crippen molar-refractivity contribution in [2.75, 3.05) is 0 Å². The Labute approximate surface area is 206 Å². The van der Waals surface area contributed by atoms with Gasteiger partial charge in [-0.2, -0.15) is 0 Å². The summed E-state index contributed by atoms with van der Waals surface area (Å²) in [5.74, 6) is 0.606. The SMILES string of the molecule is C/C(=C\CC[C@@H](C)[C@H]1CC[C@@]2(C)C3=C(CC[C@]12C)[C@@]1(C)CC[C@@H](O)C(C)(C)C1C[C@H]3O)C(=O)O. The minimum absolute atomic E-state index is 0.0138. The maximum Gasteiger partial charge on any atom is 0.330 e. The van der Waals surface area contributed by atoms with Gasteiger partial charge in [0.05, 0.1) is 12.2 Å². The third-order valence-corrected chi connectivity index (χ3v) is 11.9. The van der Waals surface area contributed by atoms with E-state index in [0.29, 0.717) is 23.3 Å². The maximum absolute atomic E-state index is 11.7. The molecule has 4 aliphatic rings. The highest BCUT2D eigenvalue weighted by atomic mass is 16.4. The molecule has 4 rings (SSSR count). The van der Waals surface area contributed by atoms with Gasteiger partial charge in [-0.1, -0.05) is 53.2 Å². The highest BCUT2D eigenvalue weighted by Crippen LogP contribution is 2.72. The lowest BCUT2D eigenvalue weighted by molar-refractivity contribution is -0.132. The number of rotatable bonds is 5. The largest absolute Gasteiger partial charge is 0.478 e. The van der Waals surface area contributed by atoms with Crippen molar-refractivity contribution >= 4 is 5.97 Å². The number of hydrogen-bond acceptors (Lipinski definition) is 3. The van der Waals surface area contributed by atoms with E-state index in [0.717, 1.165) is 44.9 Å². The fraction of sp³-hybridized carbons (Fsp3) is 0.833. The van der Waals surface area contributed by atoms with Crippen LogP contribution in [0.4, 0.5) is 0 Å². The van der Waals surface area contributed by atoms with Gasteiger partial charge in [-0.3, -0.25) is 0 Å². The zero-order chi connectivity index (χ0) is 25.3. The summed E-state index contributed by atoms with van der Waals surface area (Å²) in [5.41, 5.74) is 3.40. The van der Waals surface area contributed by atoms with Crippen LogP contribution in [-0.2, 0) is 4.79 Å². The zero-order valence-electron chi connectivity index (χ0n) is 22.6. The molecule has 0 aromatic heterocycles. The van der Waals surface area contributed by atoms with Gasteiger partial charge in [0.15, 0.2) is 0 Å². The van der Waals surface area contributed by atoms with Crippen molar-refractivity contribution in [2.24, 2.45) is 39.4 Å². The van der Waals surface area contributed by atoms with Gasteiger partial charge in [0.2, 0.25) is 0 Å². The number of aliphatic hydroxyl groups excluding tert-OH is 2. The van der Waals surface area contributed by atoms with Crippen molar-refractivity contribution in [3.63, 3.8) is 0 Å². The Balaban J connectivity index is 1.65. The fourth-order valence-corrected chi connectivity index (χ4v) is 9.44. The van der Waals surface area contributed by atoms with Crippen LogP contribution in [0.5, 0.6) is 0 Å². The van der Waals surface area contributed by atoms with Crippen LogP contribution >= 0.6 is 0 Å². The molecule has 4 nitrogen and oxygen atoms in total. The van der Waals surface area contributed by atoms with Crippen LogP contribution in [0.3, 0.4) is 0 Å². The van der Waals surface area contributed by atoms with Crippen LogP contribution in [0.1, 0.15) is 106 Å². The molecule has 0 radical (unpaired) electrons. The standard InChI is InChI=1S/C30H48O4/c1-18(9-8-10-19(2)26(33)34)20-11-16-30(7)25-21(12-15-29(20,30)6)28(5)14-13-24(32)27(3,4)23(28)17-22(25)31/h10,18,20,22-24,31-32H,8-9,11-17H2,1-7H3,(H,33,34)/b19-10+/t18-,20-,22-,23?,24-,28-,29-,30+/m1/s1. The number of hydrogen-bond donors (Lipinski definition) is 3. The van der Waals surface area contributed by atoms with E-state index in [4.69, 9.17) is 5.11 Å². The number of carboxylic acid groups (broad SMARTS) is 1. The first kappa shape index (κ1) is 25.9. The molecule has 0 aromatic carbocycles. The molecule has 2 saturated carbocycles. The van der Waals surface area contributed by atoms with E-state index in [1.54, 1.807) is 6.92 Å². The Hall–Kier alpha value is -1.13. The Morgan fingerprint density at radius 2 is 1.76 bits per heavy atom. The van der Waals surface area contributed by atoms with E-state index >= 15 is 0 Å². The van der Waals surface area contributed by atoms with Gasteiger partial charge >= 0.3 is 5.97 Å². The fourth-order valence-electron chi connectivity index (χ4n) is 9.44. The average Bonchev–Trinajstić information content (AvgIpc) is 3.04. The summed E-state index contributed by atoms with van der Waals surface area (Å²) in [4.78, 5) is 11.2. The van der Waals surface area contributed by atoms with Crippen LogP contribution in [0.25, 0.3) is 0 Å². The second-order valence-electron chi connectivity index (χ2n) is 13.6. The molecule has 4 aliphatic carbocycles. The molecule has 4 heteroatoms. The Morgan fingerprint density at radius 1 is 1.09 bits per heavy atom. The third-order valence-electron chi connectivity index (χ3n) is 11.9. The van der Waals surface area contributed by atoms with Crippen molar-refractivity contribution in [1.82, 2.24) is 0 Å². The van der Waals surface area contributed by atoms with E-state index < -0.39 is 12.1 Å². The first-order valence-electron chi connectivity index (χ1n) is 13.7. The van der Waals surface area contributed by atoms with Crippen LogP contribution in [0.15, 0.2) is 22.8 Å². The lowest BCUT2D eigenvalue weighted by Crippen LogP contribution is -2.57. The molecule has 0 bridgehead atoms. The van der Waals surface area contributed by atoms with Crippen molar-refractivity contribution in [3.8, 4) is 0 Å². The predicted octanol–water partition coefficient (Wildman–Crippen LogP) is 6.51. The highest BCUT2D eigenvalue weighted by Gasteiger charge is 2.65. The van der Waals surface area contributed by atoms with E-state index in [9.17, 15) is 15.0 Å². The molecular formula is C30H48O4. The summed E-state index contributed by atoms with van der Waals surface area (Å²) in [5, 5.41) is 31.7. The molecule has 0 heterocycles. The van der Waals surface area contributed by atoms with Gasteiger partial charge < -0.3 is 15.3 Å². The van der Waals surface area contributed by atoms with Crippen LogP contribution in [0.2, 0.25) is 0 Å². The summed E-state index contributed by atoms with van der Waals surface area (Å²) in [6.07, 6.45) is 10.2. The summed E-state index contributed by atoms with van der Waals surface area (Å²) >= 11 is 0. The number of aliphatic carboxylic acids is 1. The molecule has 8 atom stereocenters. The number of fused-ring (bicyclic) bond motifs is 4. The van der Waals surface area contributed by atoms with Gasteiger partial charge in [-0.25, -0.2) is 4.79 Å². The monoisotopic (exact) mass is 472 g/mol. The molecule has 0 spiro atoms. The number of allylic oxidation sites excluding steroid dienone is 2. The third kappa shape index (κ3) is 3.57. The molecule has 1 unspecified atom stereocenters. The molecular weight excluding hydrogens is 424 g/mol. The van der Waals surface area contributed by atoms with E-state index in [2.05, 4.69) is 41.5 Å². The molecule has 192 valence electrons. The highest BCUT2D eigenvalue weighted by molar-refractivity contribution is 5.85. The Morgan fingerprint density at radius 3 is 2.41 bits per heavy atom. The Kier molecular flexibility index (Phi) is 6.47. The molecule has 2 fully saturated rings. The summed E-state index contributed by atoms with van der Waals surface area (Å²) in [6, 6.07) is 0. The second-order valence-corrected chi connectivity index (χ2v) is 13.6. The minimum atomic E-state index is -0.823.